The van der Waals surface area contributed by atoms with Crippen molar-refractivity contribution in [3.63, 3.8) is 0 Å². The van der Waals surface area contributed by atoms with Gasteiger partial charge in [0.15, 0.2) is 5.65 Å². The smallest absolute Gasteiger partial charge is 0.381 e. The summed E-state index contributed by atoms with van der Waals surface area (Å²) in [5.41, 5.74) is -0.759. The van der Waals surface area contributed by atoms with Crippen LogP contribution in [-0.4, -0.2) is 33.1 Å². The molecule has 1 fully saturated rings. The predicted molar refractivity (Wildman–Crippen MR) is 97.8 cm³/mol. The van der Waals surface area contributed by atoms with Crippen LogP contribution in [-0.2, 0) is 10.9 Å². The van der Waals surface area contributed by atoms with E-state index < -0.39 is 28.9 Å². The molecular weight excluding hydrogens is 407 g/mol. The molecule has 30 heavy (non-hydrogen) atoms. The average molecular weight is 424 g/mol. The molecule has 3 aromatic rings. The molecule has 4 rings (SSSR count). The van der Waals surface area contributed by atoms with Crippen molar-refractivity contribution >= 4 is 11.2 Å². The lowest BCUT2D eigenvalue weighted by Gasteiger charge is -2.21. The molecule has 1 aliphatic heterocycles. The molecule has 0 spiro atoms. The second-order valence-corrected chi connectivity index (χ2v) is 7.19. The van der Waals surface area contributed by atoms with Crippen molar-refractivity contribution in [2.24, 2.45) is 0 Å². The first-order chi connectivity index (χ1) is 14.1. The Morgan fingerprint density at radius 1 is 0.900 bits per heavy atom. The molecule has 0 amide bonds. The largest absolute Gasteiger partial charge is 0.419 e. The lowest BCUT2D eigenvalue weighted by atomic mass is 9.98. The first kappa shape index (κ1) is 20.5. The average Bonchev–Trinajstić information content (AvgIpc) is 2.69. The van der Waals surface area contributed by atoms with E-state index >= 15 is 0 Å². The highest BCUT2D eigenvalue weighted by molar-refractivity contribution is 5.87. The van der Waals surface area contributed by atoms with Crippen LogP contribution in [0.15, 0.2) is 12.1 Å². The summed E-state index contributed by atoms with van der Waals surface area (Å²) >= 11 is 0. The summed E-state index contributed by atoms with van der Waals surface area (Å²) in [6.45, 7) is 4.42. The van der Waals surface area contributed by atoms with Crippen LogP contribution in [0.1, 0.15) is 41.5 Å². The summed E-state index contributed by atoms with van der Waals surface area (Å²) in [5, 5.41) is 0. The Balaban J connectivity index is 1.97. The van der Waals surface area contributed by atoms with Gasteiger partial charge in [0.1, 0.15) is 28.7 Å². The number of fused-ring (bicyclic) bond motifs is 1. The van der Waals surface area contributed by atoms with E-state index in [0.717, 1.165) is 0 Å². The number of ether oxygens (including phenoxy) is 1. The van der Waals surface area contributed by atoms with Gasteiger partial charge in [-0.15, -0.1) is 0 Å². The van der Waals surface area contributed by atoms with Crippen LogP contribution in [0, 0.1) is 25.5 Å². The summed E-state index contributed by atoms with van der Waals surface area (Å²) < 4.78 is 73.2. The van der Waals surface area contributed by atoms with Crippen LogP contribution in [0.4, 0.5) is 22.0 Å². The second-order valence-electron chi connectivity index (χ2n) is 7.19. The van der Waals surface area contributed by atoms with Crippen LogP contribution in [0.3, 0.4) is 0 Å². The number of rotatable bonds is 2. The van der Waals surface area contributed by atoms with Crippen LogP contribution < -0.4 is 0 Å². The lowest BCUT2D eigenvalue weighted by Crippen LogP contribution is -2.17. The summed E-state index contributed by atoms with van der Waals surface area (Å²) in [6, 6.07) is 0.645. The maximum Gasteiger partial charge on any atom is 0.419 e. The van der Waals surface area contributed by atoms with E-state index in [4.69, 9.17) is 4.74 Å². The van der Waals surface area contributed by atoms with Crippen LogP contribution in [0.5, 0.6) is 0 Å². The molecule has 1 aliphatic rings. The van der Waals surface area contributed by atoms with Crippen molar-refractivity contribution in [2.45, 2.75) is 38.8 Å². The highest BCUT2D eigenvalue weighted by Crippen LogP contribution is 2.37. The molecule has 158 valence electrons. The third-order valence-corrected chi connectivity index (χ3v) is 5.16. The highest BCUT2D eigenvalue weighted by Gasteiger charge is 2.36. The Hall–Kier alpha value is -2.75. The van der Waals surface area contributed by atoms with Gasteiger partial charge in [-0.1, -0.05) is 0 Å². The van der Waals surface area contributed by atoms with Crippen molar-refractivity contribution < 1.29 is 26.7 Å². The van der Waals surface area contributed by atoms with Gasteiger partial charge in [0.05, 0.1) is 17.0 Å². The van der Waals surface area contributed by atoms with Crippen molar-refractivity contribution in [3.8, 4) is 11.3 Å². The van der Waals surface area contributed by atoms with Crippen molar-refractivity contribution in [3.05, 3.63) is 46.5 Å². The Bertz CT molecular complexity index is 1130. The van der Waals surface area contributed by atoms with Crippen molar-refractivity contribution in [1.29, 1.82) is 0 Å². The number of halogens is 5. The molecule has 3 heterocycles. The van der Waals surface area contributed by atoms with E-state index in [0.29, 0.717) is 49.3 Å². The van der Waals surface area contributed by atoms with Gasteiger partial charge in [0, 0.05) is 24.7 Å². The van der Waals surface area contributed by atoms with Gasteiger partial charge < -0.3 is 4.74 Å². The van der Waals surface area contributed by atoms with Crippen LogP contribution in [0.2, 0.25) is 0 Å². The predicted octanol–water partition coefficient (Wildman–Crippen LogP) is 4.89. The Morgan fingerprint density at radius 2 is 1.57 bits per heavy atom. The number of aromatic nitrogens is 4. The number of hydrogen-bond donors (Lipinski definition) is 0. The topological polar surface area (TPSA) is 60.8 Å². The van der Waals surface area contributed by atoms with Gasteiger partial charge in [-0.2, -0.15) is 13.2 Å². The number of aryl methyl sites for hydroxylation is 2. The number of hydrogen-bond acceptors (Lipinski definition) is 5. The normalized spacial score (nSPS) is 15.7. The molecule has 0 unspecified atom stereocenters. The van der Waals surface area contributed by atoms with E-state index in [1.807, 2.05) is 0 Å². The molecule has 5 nitrogen and oxygen atoms in total. The Morgan fingerprint density at radius 3 is 2.23 bits per heavy atom. The van der Waals surface area contributed by atoms with E-state index in [1.165, 1.54) is 0 Å². The first-order valence-electron chi connectivity index (χ1n) is 9.32. The van der Waals surface area contributed by atoms with Crippen molar-refractivity contribution in [1.82, 2.24) is 19.9 Å². The molecule has 1 saturated heterocycles. The number of benzene rings is 1. The molecular formula is C20H17F5N4O. The maximum atomic E-state index is 14.7. The molecule has 0 radical (unpaired) electrons. The third-order valence-electron chi connectivity index (χ3n) is 5.16. The highest BCUT2D eigenvalue weighted by atomic mass is 19.4. The molecule has 1 aromatic carbocycles. The van der Waals surface area contributed by atoms with Gasteiger partial charge in [-0.25, -0.2) is 28.7 Å². The molecule has 0 aliphatic carbocycles. The number of alkyl halides is 3. The van der Waals surface area contributed by atoms with E-state index in [9.17, 15) is 22.0 Å². The molecule has 0 atom stereocenters. The minimum atomic E-state index is -5.02. The summed E-state index contributed by atoms with van der Waals surface area (Å²) in [6.07, 6.45) is -3.75. The van der Waals surface area contributed by atoms with Gasteiger partial charge in [0.25, 0.3) is 0 Å². The van der Waals surface area contributed by atoms with Crippen LogP contribution >= 0.6 is 0 Å². The zero-order valence-corrected chi connectivity index (χ0v) is 16.1. The van der Waals surface area contributed by atoms with E-state index in [-0.39, 0.29) is 28.8 Å². The zero-order chi connectivity index (χ0) is 21.6. The quantitative estimate of drug-likeness (QED) is 0.548. The summed E-state index contributed by atoms with van der Waals surface area (Å²) in [7, 11) is 0. The monoisotopic (exact) mass is 424 g/mol. The molecule has 0 saturated carbocycles. The minimum Gasteiger partial charge on any atom is -0.381 e. The maximum absolute atomic E-state index is 14.7. The van der Waals surface area contributed by atoms with E-state index in [2.05, 4.69) is 19.9 Å². The van der Waals surface area contributed by atoms with Gasteiger partial charge in [-0.3, -0.25) is 0 Å². The van der Waals surface area contributed by atoms with Gasteiger partial charge in [-0.05, 0) is 38.8 Å². The van der Waals surface area contributed by atoms with Gasteiger partial charge >= 0.3 is 6.18 Å². The first-order valence-corrected chi connectivity index (χ1v) is 9.32. The standard InChI is InChI=1S/C20H17F5N4O/c1-9-10(2)27-19-17(26-9)16(28-18(29-19)11-3-5-30-6-4-11)12-7-15(22)13(8-14(12)21)20(23,24)25/h7-8,11H,3-6H2,1-2H3. The Kier molecular flexibility index (Phi) is 5.13. The van der Waals surface area contributed by atoms with Crippen molar-refractivity contribution in [2.75, 3.05) is 13.2 Å². The van der Waals surface area contributed by atoms with E-state index in [1.54, 1.807) is 13.8 Å². The SMILES string of the molecule is Cc1nc2nc(C3CCOCC3)nc(-c3cc(F)c(C(F)(F)F)cc3F)c2nc1C. The fourth-order valence-corrected chi connectivity index (χ4v) is 3.40. The Labute approximate surface area is 168 Å². The molecule has 0 bridgehead atoms. The molecule has 10 heteroatoms. The fraction of sp³-hybridized carbons (Fsp3) is 0.400. The molecule has 0 N–H and O–H groups in total. The zero-order valence-electron chi connectivity index (χ0n) is 16.1. The third kappa shape index (κ3) is 3.71. The van der Waals surface area contributed by atoms with Gasteiger partial charge in [0.2, 0.25) is 0 Å². The van der Waals surface area contributed by atoms with Crippen LogP contribution in [0.25, 0.3) is 22.4 Å². The minimum absolute atomic E-state index is 0.0813. The lowest BCUT2D eigenvalue weighted by molar-refractivity contribution is -0.140. The second kappa shape index (κ2) is 7.50. The summed E-state index contributed by atoms with van der Waals surface area (Å²) in [5.74, 6) is -2.57. The number of nitrogens with zero attached hydrogens (tertiary/aromatic N) is 4. The summed E-state index contributed by atoms with van der Waals surface area (Å²) in [4.78, 5) is 17.6. The fourth-order valence-electron chi connectivity index (χ4n) is 3.40. The molecule has 2 aromatic heterocycles.